The largest absolute Gasteiger partial charge is 0.346 e. The van der Waals surface area contributed by atoms with E-state index in [1.807, 2.05) is 70.5 Å². The molecule has 38 heavy (non-hydrogen) atoms. The predicted molar refractivity (Wildman–Crippen MR) is 146 cm³/mol. The van der Waals surface area contributed by atoms with Gasteiger partial charge in [0.15, 0.2) is 0 Å². The van der Waals surface area contributed by atoms with Gasteiger partial charge in [-0.05, 0) is 42.2 Å². The van der Waals surface area contributed by atoms with Crippen LogP contribution in [0.4, 0.5) is 0 Å². The highest BCUT2D eigenvalue weighted by Gasteiger charge is 2.37. The molecule has 0 atom stereocenters. The van der Waals surface area contributed by atoms with Crippen LogP contribution in [0.15, 0.2) is 85.6 Å². The van der Waals surface area contributed by atoms with Gasteiger partial charge in [-0.3, -0.25) is 14.4 Å². The molecular weight excluding hydrogens is 474 g/mol. The molecule has 189 valence electrons. The summed E-state index contributed by atoms with van der Waals surface area (Å²) >= 11 is 0. The van der Waals surface area contributed by atoms with E-state index in [2.05, 4.69) is 43.3 Å². The summed E-state index contributed by atoms with van der Waals surface area (Å²) in [6.45, 7) is 3.40. The normalized spacial score (nSPS) is 17.1. The molecule has 2 aliphatic heterocycles. The molecule has 1 N–H and O–H groups in total. The molecule has 8 heteroatoms. The van der Waals surface area contributed by atoms with Gasteiger partial charge in [-0.15, -0.1) is 0 Å². The summed E-state index contributed by atoms with van der Waals surface area (Å²) in [5, 5.41) is 5.61. The molecule has 1 radical (unpaired) electrons. The molecule has 7 rings (SSSR count). The number of rotatable bonds is 5. The second kappa shape index (κ2) is 9.54. The standard InChI is InChI=1S/C30H28N7O/c38-30(23-8-6-22(7-9-23)21-4-2-1-3-5-21)35-14-11-25(12-15-35)36-18-26(19-36)37-17-24(16-34-37)28-27-10-13-31-29(27)33-20-32-28/h1-10,13,16-17,20,25H,11-12,14-15,18-19H2,(H,31,32,33). The van der Waals surface area contributed by atoms with Gasteiger partial charge in [-0.2, -0.15) is 5.10 Å². The minimum Gasteiger partial charge on any atom is -0.346 e. The topological polar surface area (TPSA) is 82.9 Å². The molecule has 0 bridgehead atoms. The van der Waals surface area contributed by atoms with E-state index in [9.17, 15) is 4.79 Å². The van der Waals surface area contributed by atoms with E-state index >= 15 is 0 Å². The average molecular weight is 503 g/mol. The van der Waals surface area contributed by atoms with Gasteiger partial charge in [-0.1, -0.05) is 42.5 Å². The molecule has 3 aromatic heterocycles. The van der Waals surface area contributed by atoms with Crippen LogP contribution in [0.3, 0.4) is 0 Å². The van der Waals surface area contributed by atoms with Gasteiger partial charge in [-0.25, -0.2) is 9.97 Å². The lowest BCUT2D eigenvalue weighted by atomic mass is 9.97. The van der Waals surface area contributed by atoms with Crippen molar-refractivity contribution in [2.75, 3.05) is 26.2 Å². The Hall–Kier alpha value is -4.30. The van der Waals surface area contributed by atoms with Gasteiger partial charge in [0.05, 0.1) is 11.9 Å². The Kier molecular flexibility index (Phi) is 5.74. The summed E-state index contributed by atoms with van der Waals surface area (Å²) in [5.74, 6) is 0.129. The van der Waals surface area contributed by atoms with Crippen LogP contribution in [-0.4, -0.2) is 72.7 Å². The molecule has 5 heterocycles. The number of carbonyl (C=O) groups is 1. The number of carbonyl (C=O) groups excluding carboxylic acids is 1. The molecule has 2 saturated heterocycles. The van der Waals surface area contributed by atoms with Gasteiger partial charge < -0.3 is 9.88 Å². The highest BCUT2D eigenvalue weighted by Crippen LogP contribution is 2.30. The fourth-order valence-electron chi connectivity index (χ4n) is 5.60. The van der Waals surface area contributed by atoms with Crippen molar-refractivity contribution >= 4 is 16.9 Å². The van der Waals surface area contributed by atoms with Crippen molar-refractivity contribution < 1.29 is 4.79 Å². The number of piperidine rings is 1. The lowest BCUT2D eigenvalue weighted by molar-refractivity contribution is 0.0515. The van der Waals surface area contributed by atoms with Crippen LogP contribution >= 0.6 is 0 Å². The van der Waals surface area contributed by atoms with Gasteiger partial charge >= 0.3 is 0 Å². The molecule has 8 nitrogen and oxygen atoms in total. The molecule has 5 aromatic rings. The number of fused-ring (bicyclic) bond motifs is 1. The molecule has 2 fully saturated rings. The molecule has 0 spiro atoms. The van der Waals surface area contributed by atoms with Gasteiger partial charge in [0.2, 0.25) is 0 Å². The van der Waals surface area contributed by atoms with Crippen molar-refractivity contribution in [3.05, 3.63) is 97.2 Å². The number of nitrogens with one attached hydrogen (secondary N) is 1. The van der Waals surface area contributed by atoms with E-state index in [4.69, 9.17) is 0 Å². The number of H-pyrrole nitrogens is 1. The van der Waals surface area contributed by atoms with E-state index in [1.165, 1.54) is 6.04 Å². The highest BCUT2D eigenvalue weighted by atomic mass is 16.2. The summed E-state index contributed by atoms with van der Waals surface area (Å²) in [7, 11) is 0. The fourth-order valence-corrected chi connectivity index (χ4v) is 5.60. The van der Waals surface area contributed by atoms with Crippen LogP contribution in [0.2, 0.25) is 0 Å². The quantitative estimate of drug-likeness (QED) is 0.383. The number of hydrogen-bond donors (Lipinski definition) is 1. The van der Waals surface area contributed by atoms with Crippen molar-refractivity contribution in [2.45, 2.75) is 18.9 Å². The third-order valence-electron chi connectivity index (χ3n) is 7.81. The van der Waals surface area contributed by atoms with Crippen molar-refractivity contribution in [1.82, 2.24) is 34.5 Å². The number of nitrogens with zero attached hydrogens (tertiary/aromatic N) is 6. The van der Waals surface area contributed by atoms with Crippen molar-refractivity contribution in [3.8, 4) is 22.4 Å². The first-order valence-electron chi connectivity index (χ1n) is 13.1. The van der Waals surface area contributed by atoms with Gasteiger partial charge in [0.1, 0.15) is 18.0 Å². The van der Waals surface area contributed by atoms with Gasteiger partial charge in [0, 0.05) is 61.1 Å². The molecule has 2 aliphatic rings. The number of aromatic nitrogens is 5. The summed E-state index contributed by atoms with van der Waals surface area (Å²) in [5.41, 5.74) is 5.77. The van der Waals surface area contributed by atoms with Gasteiger partial charge in [0.25, 0.3) is 5.91 Å². The van der Waals surface area contributed by atoms with Crippen LogP contribution in [-0.2, 0) is 0 Å². The number of amides is 1. The third kappa shape index (κ3) is 4.16. The monoisotopic (exact) mass is 502 g/mol. The summed E-state index contributed by atoms with van der Waals surface area (Å²) in [6.07, 6.45) is 9.40. The van der Waals surface area contributed by atoms with Crippen LogP contribution in [0.1, 0.15) is 23.2 Å². The SMILES string of the molecule is O=C(c1ccc(-c2ccccc2)cc1)N1CCC(N2C[C](n3cc(-c4ncnc5[nH]ccc45)cn3)C2)CC1. The fraction of sp³-hybridized carbons (Fsp3) is 0.233. The smallest absolute Gasteiger partial charge is 0.253 e. The van der Waals surface area contributed by atoms with Crippen LogP contribution in [0.5, 0.6) is 0 Å². The first-order chi connectivity index (χ1) is 18.7. The third-order valence-corrected chi connectivity index (χ3v) is 7.81. The molecule has 0 unspecified atom stereocenters. The maximum absolute atomic E-state index is 13.1. The molecule has 2 aromatic carbocycles. The van der Waals surface area contributed by atoms with E-state index in [0.29, 0.717) is 6.04 Å². The zero-order chi connectivity index (χ0) is 25.5. The maximum atomic E-state index is 13.1. The number of aromatic amines is 1. The lowest BCUT2D eigenvalue weighted by Gasteiger charge is -2.46. The first-order valence-corrected chi connectivity index (χ1v) is 13.1. The van der Waals surface area contributed by atoms with E-state index in [-0.39, 0.29) is 5.91 Å². The highest BCUT2D eigenvalue weighted by molar-refractivity contribution is 5.95. The Labute approximate surface area is 220 Å². The summed E-state index contributed by atoms with van der Waals surface area (Å²) in [4.78, 5) is 29.5. The Morgan fingerprint density at radius 2 is 1.63 bits per heavy atom. The Bertz CT molecular complexity index is 1560. The Morgan fingerprint density at radius 3 is 2.42 bits per heavy atom. The lowest BCUT2D eigenvalue weighted by Crippen LogP contribution is -2.56. The summed E-state index contributed by atoms with van der Waals surface area (Å²) < 4.78 is 1.99. The Balaban J connectivity index is 0.931. The second-order valence-electron chi connectivity index (χ2n) is 10.1. The minimum absolute atomic E-state index is 0.129. The average Bonchev–Trinajstić information content (AvgIpc) is 3.63. The number of likely N-dealkylation sites (tertiary alicyclic amines) is 2. The minimum atomic E-state index is 0.129. The Morgan fingerprint density at radius 1 is 0.868 bits per heavy atom. The van der Waals surface area contributed by atoms with Crippen molar-refractivity contribution in [1.29, 1.82) is 0 Å². The van der Waals surface area contributed by atoms with E-state index in [1.54, 1.807) is 6.33 Å². The molecule has 0 saturated carbocycles. The summed E-state index contributed by atoms with van der Waals surface area (Å²) in [6, 6.07) is 22.0. The second-order valence-corrected chi connectivity index (χ2v) is 10.1. The van der Waals surface area contributed by atoms with Crippen molar-refractivity contribution in [3.63, 3.8) is 0 Å². The first kappa shape index (κ1) is 22.9. The molecule has 0 aliphatic carbocycles. The van der Waals surface area contributed by atoms with E-state index in [0.717, 1.165) is 78.0 Å². The van der Waals surface area contributed by atoms with E-state index < -0.39 is 0 Å². The van der Waals surface area contributed by atoms with Crippen LogP contribution < -0.4 is 0 Å². The zero-order valence-corrected chi connectivity index (χ0v) is 21.0. The zero-order valence-electron chi connectivity index (χ0n) is 21.0. The number of hydrogen-bond acceptors (Lipinski definition) is 5. The molecule has 1 amide bonds. The number of benzene rings is 2. The molecular formula is C30H28N7O. The van der Waals surface area contributed by atoms with Crippen LogP contribution in [0, 0.1) is 6.04 Å². The van der Waals surface area contributed by atoms with Crippen LogP contribution in [0.25, 0.3) is 33.4 Å². The maximum Gasteiger partial charge on any atom is 0.253 e. The predicted octanol–water partition coefficient (Wildman–Crippen LogP) is 4.49. The van der Waals surface area contributed by atoms with Crippen molar-refractivity contribution in [2.24, 2.45) is 0 Å².